The second kappa shape index (κ2) is 7.15. The molecule has 2 aromatic rings. The average molecular weight is 357 g/mol. The molecule has 3 N–H and O–H groups in total. The van der Waals surface area contributed by atoms with Gasteiger partial charge >= 0.3 is 6.09 Å². The fourth-order valence-electron chi connectivity index (χ4n) is 3.47. The fourth-order valence-corrected chi connectivity index (χ4v) is 3.47. The van der Waals surface area contributed by atoms with Gasteiger partial charge in [-0.05, 0) is 31.0 Å². The summed E-state index contributed by atoms with van der Waals surface area (Å²) in [7, 11) is 0. The highest BCUT2D eigenvalue weighted by molar-refractivity contribution is 5.89. The van der Waals surface area contributed by atoms with Crippen molar-refractivity contribution >= 4 is 28.7 Å². The van der Waals surface area contributed by atoms with Gasteiger partial charge in [0.05, 0.1) is 5.52 Å². The summed E-state index contributed by atoms with van der Waals surface area (Å²) in [6.45, 7) is 4.54. The normalized spacial score (nSPS) is 20.6. The molecule has 2 unspecified atom stereocenters. The van der Waals surface area contributed by atoms with Crippen LogP contribution in [0.1, 0.15) is 32.3 Å². The molecule has 0 radical (unpaired) electrons. The van der Waals surface area contributed by atoms with Gasteiger partial charge in [-0.15, -0.1) is 0 Å². The first-order valence-corrected chi connectivity index (χ1v) is 8.71. The molecule has 0 aliphatic carbocycles. The van der Waals surface area contributed by atoms with E-state index in [1.807, 2.05) is 32.0 Å². The molecule has 1 aromatic heterocycles. The molecule has 0 bridgehead atoms. The molecule has 0 spiro atoms. The lowest BCUT2D eigenvalue weighted by molar-refractivity contribution is -0.145. The van der Waals surface area contributed by atoms with Crippen molar-refractivity contribution in [1.29, 1.82) is 0 Å². The van der Waals surface area contributed by atoms with Gasteiger partial charge in [-0.3, -0.25) is 9.69 Å². The molecule has 1 aliphatic heterocycles. The summed E-state index contributed by atoms with van der Waals surface area (Å²) in [6, 6.07) is 4.84. The molecule has 138 valence electrons. The minimum atomic E-state index is -1.04. The Morgan fingerprint density at radius 3 is 2.85 bits per heavy atom. The van der Waals surface area contributed by atoms with Crippen LogP contribution in [0.5, 0.6) is 0 Å². The number of benzene rings is 1. The Hall–Kier alpha value is -2.90. The highest BCUT2D eigenvalue weighted by atomic mass is 16.4. The first-order chi connectivity index (χ1) is 12.4. The summed E-state index contributed by atoms with van der Waals surface area (Å²) < 4.78 is 0. The first-order valence-electron chi connectivity index (χ1n) is 8.71. The smallest absolute Gasteiger partial charge is 0.408 e. The molecule has 1 aromatic carbocycles. The van der Waals surface area contributed by atoms with Crippen LogP contribution in [-0.2, 0) is 11.3 Å². The zero-order chi connectivity index (χ0) is 18.8. The number of carboxylic acid groups (broad SMARTS) is 1. The number of anilines is 1. The lowest BCUT2D eigenvalue weighted by Gasteiger charge is -2.43. The van der Waals surface area contributed by atoms with Crippen LogP contribution in [0.3, 0.4) is 0 Å². The van der Waals surface area contributed by atoms with E-state index in [4.69, 9.17) is 5.73 Å². The van der Waals surface area contributed by atoms with Gasteiger partial charge in [0.25, 0.3) is 0 Å². The molecule has 2 heterocycles. The Bertz CT molecular complexity index is 841. The summed E-state index contributed by atoms with van der Waals surface area (Å²) in [5.74, 6) is 0.277. The van der Waals surface area contributed by atoms with Crippen molar-refractivity contribution in [2.24, 2.45) is 0 Å². The van der Waals surface area contributed by atoms with Crippen molar-refractivity contribution in [3.63, 3.8) is 0 Å². The number of amides is 2. The molecule has 2 atom stereocenters. The monoisotopic (exact) mass is 357 g/mol. The molecule has 1 saturated heterocycles. The number of hydrogen-bond donors (Lipinski definition) is 2. The second-order valence-corrected chi connectivity index (χ2v) is 6.66. The van der Waals surface area contributed by atoms with E-state index in [1.165, 1.54) is 11.2 Å². The first kappa shape index (κ1) is 17.9. The van der Waals surface area contributed by atoms with E-state index in [2.05, 4.69) is 9.97 Å². The van der Waals surface area contributed by atoms with Crippen LogP contribution in [0.25, 0.3) is 10.9 Å². The molecule has 1 fully saturated rings. The Labute approximate surface area is 151 Å². The molecule has 0 saturated carbocycles. The summed E-state index contributed by atoms with van der Waals surface area (Å²) in [5, 5.41) is 10.2. The van der Waals surface area contributed by atoms with Crippen molar-refractivity contribution < 1.29 is 14.7 Å². The largest absolute Gasteiger partial charge is 0.465 e. The van der Waals surface area contributed by atoms with Crippen molar-refractivity contribution in [2.75, 3.05) is 12.3 Å². The van der Waals surface area contributed by atoms with Crippen LogP contribution in [-0.4, -0.2) is 55.5 Å². The van der Waals surface area contributed by atoms with Crippen molar-refractivity contribution in [1.82, 2.24) is 19.8 Å². The van der Waals surface area contributed by atoms with Gasteiger partial charge in [-0.25, -0.2) is 14.8 Å². The van der Waals surface area contributed by atoms with Crippen molar-refractivity contribution in [2.45, 2.75) is 45.3 Å². The molecule has 26 heavy (non-hydrogen) atoms. The number of rotatable bonds is 4. The van der Waals surface area contributed by atoms with E-state index < -0.39 is 12.1 Å². The maximum Gasteiger partial charge on any atom is 0.408 e. The van der Waals surface area contributed by atoms with Crippen molar-refractivity contribution in [3.05, 3.63) is 30.1 Å². The van der Waals surface area contributed by atoms with Gasteiger partial charge in [-0.1, -0.05) is 19.4 Å². The van der Waals surface area contributed by atoms with Gasteiger partial charge in [-0.2, -0.15) is 0 Å². The number of carbonyl (C=O) groups excluding carboxylic acids is 1. The summed E-state index contributed by atoms with van der Waals surface area (Å²) in [6.07, 6.45) is 1.64. The number of nitrogen functional groups attached to an aromatic ring is 1. The maximum atomic E-state index is 12.9. The van der Waals surface area contributed by atoms with E-state index in [-0.39, 0.29) is 11.9 Å². The van der Waals surface area contributed by atoms with E-state index in [1.54, 1.807) is 4.90 Å². The van der Waals surface area contributed by atoms with Gasteiger partial charge in [0, 0.05) is 24.5 Å². The lowest BCUT2D eigenvalue weighted by atomic mass is 10.0. The molecule has 8 heteroatoms. The predicted octanol–water partition coefficient (Wildman–Crippen LogP) is 2.09. The third-order valence-corrected chi connectivity index (χ3v) is 4.83. The van der Waals surface area contributed by atoms with Gasteiger partial charge < -0.3 is 15.7 Å². The molecular formula is C18H23N5O3. The van der Waals surface area contributed by atoms with Crippen molar-refractivity contribution in [3.8, 4) is 0 Å². The molecule has 3 rings (SSSR count). The number of aromatic nitrogens is 2. The van der Waals surface area contributed by atoms with Crippen LogP contribution in [0.4, 0.5) is 10.6 Å². The second-order valence-electron chi connectivity index (χ2n) is 6.66. The summed E-state index contributed by atoms with van der Waals surface area (Å²) >= 11 is 0. The topological polar surface area (TPSA) is 113 Å². The Balaban J connectivity index is 1.86. The molecular weight excluding hydrogens is 334 g/mol. The average Bonchev–Trinajstić information content (AvgIpc) is 2.61. The molecule has 2 amide bonds. The predicted molar refractivity (Wildman–Crippen MR) is 97.4 cm³/mol. The van der Waals surface area contributed by atoms with Gasteiger partial charge in [0.1, 0.15) is 18.2 Å². The van der Waals surface area contributed by atoms with E-state index in [9.17, 15) is 14.7 Å². The van der Waals surface area contributed by atoms with Gasteiger partial charge in [0.2, 0.25) is 5.91 Å². The maximum absolute atomic E-state index is 12.9. The Morgan fingerprint density at radius 1 is 1.38 bits per heavy atom. The summed E-state index contributed by atoms with van der Waals surface area (Å²) in [5.41, 5.74) is 7.51. The SMILES string of the molecule is CCCC1C(=O)N(Cc2ccc3c(N)ncnc3c2)C(C)CN1C(=O)O. The summed E-state index contributed by atoms with van der Waals surface area (Å²) in [4.78, 5) is 35.7. The number of nitrogens with two attached hydrogens (primary N) is 1. The number of nitrogens with zero attached hydrogens (tertiary/aromatic N) is 4. The number of carbonyl (C=O) groups is 2. The van der Waals surface area contributed by atoms with Crippen LogP contribution in [0, 0.1) is 0 Å². The highest BCUT2D eigenvalue weighted by Gasteiger charge is 2.40. The van der Waals surface area contributed by atoms with Crippen LogP contribution >= 0.6 is 0 Å². The zero-order valence-corrected chi connectivity index (χ0v) is 14.9. The Kier molecular flexibility index (Phi) is 4.92. The van der Waals surface area contributed by atoms with E-state index >= 15 is 0 Å². The minimum Gasteiger partial charge on any atom is -0.465 e. The fraction of sp³-hybridized carbons (Fsp3) is 0.444. The number of fused-ring (bicyclic) bond motifs is 1. The van der Waals surface area contributed by atoms with Crippen LogP contribution in [0.15, 0.2) is 24.5 Å². The standard InChI is InChI=1S/C18H23N5O3/c1-3-4-15-17(24)22(11(2)8-23(15)18(25)26)9-12-5-6-13-14(7-12)20-10-21-16(13)19/h5-7,10-11,15H,3-4,8-9H2,1-2H3,(H,25,26)(H2,19,20,21). The van der Waals surface area contributed by atoms with Crippen LogP contribution < -0.4 is 5.73 Å². The lowest BCUT2D eigenvalue weighted by Crippen LogP contribution is -2.61. The van der Waals surface area contributed by atoms with E-state index in [0.29, 0.717) is 25.3 Å². The highest BCUT2D eigenvalue weighted by Crippen LogP contribution is 2.24. The van der Waals surface area contributed by atoms with Crippen LogP contribution in [0.2, 0.25) is 0 Å². The quantitative estimate of drug-likeness (QED) is 0.866. The molecule has 1 aliphatic rings. The zero-order valence-electron chi connectivity index (χ0n) is 14.9. The minimum absolute atomic E-state index is 0.143. The Morgan fingerprint density at radius 2 is 2.15 bits per heavy atom. The third kappa shape index (κ3) is 3.26. The third-order valence-electron chi connectivity index (χ3n) is 4.83. The van der Waals surface area contributed by atoms with E-state index in [0.717, 1.165) is 22.9 Å². The number of piperazine rings is 1. The van der Waals surface area contributed by atoms with Gasteiger partial charge in [0.15, 0.2) is 0 Å². The molecule has 8 nitrogen and oxygen atoms in total. The number of hydrogen-bond acceptors (Lipinski definition) is 5.